The molecule has 30 heavy (non-hydrogen) atoms. The first-order chi connectivity index (χ1) is 14.1. The van der Waals surface area contributed by atoms with Crippen LogP contribution >= 0.6 is 0 Å². The Morgan fingerprint density at radius 3 is 2.03 bits per heavy atom. The average molecular weight is 409 g/mol. The molecule has 0 aliphatic carbocycles. The van der Waals surface area contributed by atoms with E-state index in [4.69, 9.17) is 0 Å². The van der Waals surface area contributed by atoms with Gasteiger partial charge in [-0.25, -0.2) is 0 Å². The number of benzene rings is 2. The average Bonchev–Trinajstić information content (AvgIpc) is 2.69. The minimum Gasteiger partial charge on any atom is -0.350 e. The van der Waals surface area contributed by atoms with Gasteiger partial charge in [-0.2, -0.15) is 0 Å². The van der Waals surface area contributed by atoms with Crippen LogP contribution in [0.2, 0.25) is 0 Å². The van der Waals surface area contributed by atoms with E-state index < -0.39 is 6.04 Å². The molecule has 2 aromatic carbocycles. The van der Waals surface area contributed by atoms with Crippen LogP contribution in [0.1, 0.15) is 70.6 Å². The van der Waals surface area contributed by atoms with Crippen molar-refractivity contribution in [2.45, 2.75) is 78.4 Å². The standard InChI is InChI=1S/C26H36N2O2/c1-19(2)23-15-12-21(13-16-23)14-17-24(29)28(18-22-10-8-7-9-11-22)20(3)25(30)27-26(4,5)6/h7-13,15-16,19-20H,14,17-18H2,1-6H3,(H,27,30)/t20-/m1/s1. The van der Waals surface area contributed by atoms with E-state index in [1.54, 1.807) is 11.8 Å². The fourth-order valence-electron chi connectivity index (χ4n) is 3.30. The molecule has 1 N–H and O–H groups in total. The van der Waals surface area contributed by atoms with Gasteiger partial charge >= 0.3 is 0 Å². The Morgan fingerprint density at radius 2 is 1.50 bits per heavy atom. The zero-order chi connectivity index (χ0) is 22.3. The van der Waals surface area contributed by atoms with Crippen molar-refractivity contribution in [1.82, 2.24) is 10.2 Å². The molecule has 0 fully saturated rings. The number of aryl methyl sites for hydroxylation is 1. The fraction of sp³-hybridized carbons (Fsp3) is 0.462. The number of nitrogens with zero attached hydrogens (tertiary/aromatic N) is 1. The van der Waals surface area contributed by atoms with Crippen LogP contribution in [0.5, 0.6) is 0 Å². The van der Waals surface area contributed by atoms with Crippen LogP contribution in [0, 0.1) is 0 Å². The monoisotopic (exact) mass is 408 g/mol. The molecule has 0 aliphatic rings. The summed E-state index contributed by atoms with van der Waals surface area (Å²) in [5.74, 6) is 0.348. The lowest BCUT2D eigenvalue weighted by molar-refractivity contribution is -0.141. The first-order valence-electron chi connectivity index (χ1n) is 10.8. The molecule has 0 aromatic heterocycles. The van der Waals surface area contributed by atoms with Crippen LogP contribution in [0.3, 0.4) is 0 Å². The van der Waals surface area contributed by atoms with Crippen LogP contribution in [0.15, 0.2) is 54.6 Å². The van der Waals surface area contributed by atoms with Gasteiger partial charge in [0.1, 0.15) is 6.04 Å². The fourth-order valence-corrected chi connectivity index (χ4v) is 3.30. The van der Waals surface area contributed by atoms with Crippen molar-refractivity contribution in [3.8, 4) is 0 Å². The molecular weight excluding hydrogens is 372 g/mol. The van der Waals surface area contributed by atoms with Crippen molar-refractivity contribution in [3.05, 3.63) is 71.3 Å². The first kappa shape index (κ1) is 23.7. The highest BCUT2D eigenvalue weighted by Gasteiger charge is 2.28. The maximum Gasteiger partial charge on any atom is 0.242 e. The molecule has 2 rings (SSSR count). The number of hydrogen-bond donors (Lipinski definition) is 1. The Balaban J connectivity index is 2.11. The summed E-state index contributed by atoms with van der Waals surface area (Å²) in [7, 11) is 0. The van der Waals surface area contributed by atoms with Gasteiger partial charge < -0.3 is 10.2 Å². The molecule has 0 unspecified atom stereocenters. The maximum atomic E-state index is 13.2. The second-order valence-electron chi connectivity index (χ2n) is 9.32. The lowest BCUT2D eigenvalue weighted by Crippen LogP contribution is -2.52. The third-order valence-electron chi connectivity index (χ3n) is 5.14. The van der Waals surface area contributed by atoms with Gasteiger partial charge in [-0.15, -0.1) is 0 Å². The zero-order valence-corrected chi connectivity index (χ0v) is 19.2. The van der Waals surface area contributed by atoms with E-state index in [2.05, 4.69) is 43.4 Å². The Hall–Kier alpha value is -2.62. The van der Waals surface area contributed by atoms with Gasteiger partial charge in [0.25, 0.3) is 0 Å². The SMILES string of the molecule is CC(C)c1ccc(CCC(=O)N(Cc2ccccc2)[C@H](C)C(=O)NC(C)(C)C)cc1. The molecule has 0 heterocycles. The van der Waals surface area contributed by atoms with Gasteiger partial charge in [-0.3, -0.25) is 9.59 Å². The summed E-state index contributed by atoms with van der Waals surface area (Å²) >= 11 is 0. The predicted octanol–water partition coefficient (Wildman–Crippen LogP) is 5.07. The van der Waals surface area contributed by atoms with E-state index in [0.29, 0.717) is 25.3 Å². The smallest absolute Gasteiger partial charge is 0.242 e. The third kappa shape index (κ3) is 7.33. The second-order valence-corrected chi connectivity index (χ2v) is 9.32. The van der Waals surface area contributed by atoms with Gasteiger partial charge in [-0.1, -0.05) is 68.4 Å². The second kappa shape index (κ2) is 10.4. The van der Waals surface area contributed by atoms with Gasteiger partial charge in [0, 0.05) is 18.5 Å². The summed E-state index contributed by atoms with van der Waals surface area (Å²) in [5, 5.41) is 3.00. The lowest BCUT2D eigenvalue weighted by atomic mass is 10.00. The molecule has 4 heteroatoms. The minimum atomic E-state index is -0.541. The van der Waals surface area contributed by atoms with Crippen molar-refractivity contribution >= 4 is 11.8 Å². The molecule has 1 atom stereocenters. The van der Waals surface area contributed by atoms with Crippen LogP contribution in [0.25, 0.3) is 0 Å². The van der Waals surface area contributed by atoms with Crippen molar-refractivity contribution < 1.29 is 9.59 Å². The van der Waals surface area contributed by atoms with Gasteiger partial charge in [0.05, 0.1) is 0 Å². The van der Waals surface area contributed by atoms with E-state index in [1.807, 2.05) is 51.1 Å². The van der Waals surface area contributed by atoms with Crippen molar-refractivity contribution in [2.75, 3.05) is 0 Å². The highest BCUT2D eigenvalue weighted by molar-refractivity contribution is 5.87. The largest absolute Gasteiger partial charge is 0.350 e. The number of carbonyl (C=O) groups excluding carboxylic acids is 2. The van der Waals surface area contributed by atoms with Crippen molar-refractivity contribution in [2.24, 2.45) is 0 Å². The maximum absolute atomic E-state index is 13.2. The topological polar surface area (TPSA) is 49.4 Å². The Bertz CT molecular complexity index is 820. The summed E-state index contributed by atoms with van der Waals surface area (Å²) in [5.41, 5.74) is 3.11. The molecule has 2 amide bonds. The summed E-state index contributed by atoms with van der Waals surface area (Å²) in [6.45, 7) is 12.4. The molecular formula is C26H36N2O2. The molecule has 0 spiro atoms. The van der Waals surface area contributed by atoms with E-state index in [1.165, 1.54) is 5.56 Å². The third-order valence-corrected chi connectivity index (χ3v) is 5.14. The van der Waals surface area contributed by atoms with Crippen molar-refractivity contribution in [1.29, 1.82) is 0 Å². The number of carbonyl (C=O) groups is 2. The van der Waals surface area contributed by atoms with Crippen molar-refractivity contribution in [3.63, 3.8) is 0 Å². The Morgan fingerprint density at radius 1 is 0.900 bits per heavy atom. The number of amides is 2. The summed E-state index contributed by atoms with van der Waals surface area (Å²) in [6, 6.07) is 17.7. The zero-order valence-electron chi connectivity index (χ0n) is 19.2. The molecule has 4 nitrogen and oxygen atoms in total. The molecule has 162 valence electrons. The Labute approximate surface area is 181 Å². The molecule has 0 saturated carbocycles. The molecule has 0 bridgehead atoms. The van der Waals surface area contributed by atoms with E-state index in [-0.39, 0.29) is 17.4 Å². The highest BCUT2D eigenvalue weighted by atomic mass is 16.2. The minimum absolute atomic E-state index is 0.0108. The highest BCUT2D eigenvalue weighted by Crippen LogP contribution is 2.17. The van der Waals surface area contributed by atoms with E-state index in [0.717, 1.165) is 11.1 Å². The van der Waals surface area contributed by atoms with Gasteiger partial charge in [-0.05, 0) is 56.7 Å². The van der Waals surface area contributed by atoms with Crippen LogP contribution in [0.4, 0.5) is 0 Å². The molecule has 0 saturated heterocycles. The van der Waals surface area contributed by atoms with E-state index in [9.17, 15) is 9.59 Å². The van der Waals surface area contributed by atoms with E-state index >= 15 is 0 Å². The predicted molar refractivity (Wildman–Crippen MR) is 123 cm³/mol. The quantitative estimate of drug-likeness (QED) is 0.663. The molecule has 0 aliphatic heterocycles. The van der Waals surface area contributed by atoms with Crippen LogP contribution in [-0.2, 0) is 22.6 Å². The summed E-state index contributed by atoms with van der Waals surface area (Å²) < 4.78 is 0. The summed E-state index contributed by atoms with van der Waals surface area (Å²) in [6.07, 6.45) is 1.04. The number of rotatable bonds is 8. The summed E-state index contributed by atoms with van der Waals surface area (Å²) in [4.78, 5) is 27.6. The van der Waals surface area contributed by atoms with Crippen LogP contribution in [-0.4, -0.2) is 28.3 Å². The number of hydrogen-bond acceptors (Lipinski definition) is 2. The normalized spacial score (nSPS) is 12.5. The number of nitrogens with one attached hydrogen (secondary N) is 1. The lowest BCUT2D eigenvalue weighted by Gasteiger charge is -2.31. The first-order valence-corrected chi connectivity index (χ1v) is 10.8. The van der Waals surface area contributed by atoms with Crippen LogP contribution < -0.4 is 5.32 Å². The Kier molecular flexibility index (Phi) is 8.22. The van der Waals surface area contributed by atoms with Gasteiger partial charge in [0.2, 0.25) is 11.8 Å². The van der Waals surface area contributed by atoms with Gasteiger partial charge in [0.15, 0.2) is 0 Å². The molecule has 2 aromatic rings. The molecule has 0 radical (unpaired) electrons.